The molecule has 1 aliphatic rings. The summed E-state index contributed by atoms with van der Waals surface area (Å²) in [7, 11) is 0. The third kappa shape index (κ3) is 2.50. The average Bonchev–Trinajstić information content (AvgIpc) is 2.33. The molecule has 1 fully saturated rings. The molecule has 16 heavy (non-hydrogen) atoms. The summed E-state index contributed by atoms with van der Waals surface area (Å²) in [6.45, 7) is 0.681. The Balaban J connectivity index is 1.74. The molecule has 0 aliphatic carbocycles. The molecular formula is C11H12N2O3. The monoisotopic (exact) mass is 220 g/mol. The van der Waals surface area contributed by atoms with E-state index in [9.17, 15) is 9.59 Å². The van der Waals surface area contributed by atoms with Gasteiger partial charge in [-0.25, -0.2) is 4.79 Å². The number of ether oxygens (including phenoxy) is 1. The van der Waals surface area contributed by atoms with E-state index in [4.69, 9.17) is 4.74 Å². The summed E-state index contributed by atoms with van der Waals surface area (Å²) < 4.78 is 4.95. The number of benzene rings is 1. The highest BCUT2D eigenvalue weighted by atomic mass is 16.5. The SMILES string of the molecule is O=C(NC1CNC1=O)OCc1ccccc1. The number of nitrogens with one attached hydrogen (secondary N) is 2. The second-order valence-corrected chi connectivity index (χ2v) is 3.50. The second-order valence-electron chi connectivity index (χ2n) is 3.50. The van der Waals surface area contributed by atoms with E-state index < -0.39 is 12.1 Å². The van der Waals surface area contributed by atoms with E-state index in [0.717, 1.165) is 5.56 Å². The number of β-lactam (4-membered cyclic amide) rings is 1. The molecule has 2 N–H and O–H groups in total. The number of hydrogen-bond donors (Lipinski definition) is 2. The van der Waals surface area contributed by atoms with Gasteiger partial charge in [-0.15, -0.1) is 0 Å². The van der Waals surface area contributed by atoms with Gasteiger partial charge in [0.15, 0.2) is 0 Å². The average molecular weight is 220 g/mol. The molecular weight excluding hydrogens is 208 g/mol. The first-order valence-electron chi connectivity index (χ1n) is 5.00. The van der Waals surface area contributed by atoms with Crippen molar-refractivity contribution in [2.75, 3.05) is 6.54 Å². The molecule has 2 amide bonds. The number of amides is 2. The molecule has 1 aromatic carbocycles. The Labute approximate surface area is 92.8 Å². The molecule has 1 heterocycles. The largest absolute Gasteiger partial charge is 0.445 e. The minimum atomic E-state index is -0.566. The molecule has 2 rings (SSSR count). The summed E-state index contributed by atoms with van der Waals surface area (Å²) in [6, 6.07) is 8.92. The summed E-state index contributed by atoms with van der Waals surface area (Å²) in [5.41, 5.74) is 0.913. The van der Waals surface area contributed by atoms with Crippen molar-refractivity contribution in [3.05, 3.63) is 35.9 Å². The molecule has 1 atom stereocenters. The van der Waals surface area contributed by atoms with Gasteiger partial charge in [-0.05, 0) is 5.56 Å². The highest BCUT2D eigenvalue weighted by Crippen LogP contribution is 2.01. The first-order valence-corrected chi connectivity index (χ1v) is 5.00. The maximum absolute atomic E-state index is 11.3. The van der Waals surface area contributed by atoms with Gasteiger partial charge in [0.2, 0.25) is 5.91 Å². The van der Waals surface area contributed by atoms with Gasteiger partial charge in [-0.3, -0.25) is 4.79 Å². The van der Waals surface area contributed by atoms with Gasteiger partial charge in [0, 0.05) is 6.54 Å². The lowest BCUT2D eigenvalue weighted by atomic mass is 10.2. The molecule has 0 radical (unpaired) electrons. The summed E-state index contributed by atoms with van der Waals surface area (Å²) in [5, 5.41) is 4.99. The van der Waals surface area contributed by atoms with Crippen LogP contribution in [0, 0.1) is 0 Å². The van der Waals surface area contributed by atoms with Crippen molar-refractivity contribution in [2.45, 2.75) is 12.6 Å². The molecule has 0 aromatic heterocycles. The Hall–Kier alpha value is -2.04. The summed E-state index contributed by atoms with van der Waals surface area (Å²) in [5.74, 6) is -0.170. The predicted molar refractivity (Wildman–Crippen MR) is 56.6 cm³/mol. The Kier molecular flexibility index (Phi) is 3.05. The fraction of sp³-hybridized carbons (Fsp3) is 0.273. The van der Waals surface area contributed by atoms with Crippen LogP contribution in [0.2, 0.25) is 0 Å². The number of rotatable bonds is 3. The van der Waals surface area contributed by atoms with E-state index in [1.807, 2.05) is 30.3 Å². The van der Waals surface area contributed by atoms with Crippen LogP contribution in [-0.2, 0) is 16.1 Å². The van der Waals surface area contributed by atoms with Crippen molar-refractivity contribution < 1.29 is 14.3 Å². The van der Waals surface area contributed by atoms with Crippen LogP contribution < -0.4 is 10.6 Å². The van der Waals surface area contributed by atoms with Gasteiger partial charge >= 0.3 is 6.09 Å². The van der Waals surface area contributed by atoms with Gasteiger partial charge in [0.25, 0.3) is 0 Å². The molecule has 0 saturated carbocycles. The predicted octanol–water partition coefficient (Wildman–Crippen LogP) is 0.411. The van der Waals surface area contributed by atoms with Gasteiger partial charge in [-0.2, -0.15) is 0 Å². The summed E-state index contributed by atoms with van der Waals surface area (Å²) >= 11 is 0. The standard InChI is InChI=1S/C11H12N2O3/c14-10-9(6-12-10)13-11(15)16-7-8-4-2-1-3-5-8/h1-5,9H,6-7H2,(H,12,14)(H,13,15). The maximum atomic E-state index is 11.3. The number of carbonyl (C=O) groups excluding carboxylic acids is 2. The Morgan fingerprint density at radius 3 is 2.75 bits per heavy atom. The minimum absolute atomic E-state index is 0.170. The van der Waals surface area contributed by atoms with E-state index in [1.54, 1.807) is 0 Å². The highest BCUT2D eigenvalue weighted by molar-refractivity contribution is 5.90. The van der Waals surface area contributed by atoms with Crippen LogP contribution in [-0.4, -0.2) is 24.6 Å². The third-order valence-electron chi connectivity index (χ3n) is 2.30. The summed E-state index contributed by atoms with van der Waals surface area (Å²) in [4.78, 5) is 22.1. The first-order chi connectivity index (χ1) is 7.75. The van der Waals surface area contributed by atoms with Crippen molar-refractivity contribution in [1.29, 1.82) is 0 Å². The first kappa shape index (κ1) is 10.5. The molecule has 84 valence electrons. The van der Waals surface area contributed by atoms with Gasteiger partial charge in [0.1, 0.15) is 12.6 Å². The lowest BCUT2D eigenvalue weighted by molar-refractivity contribution is -0.128. The Bertz CT molecular complexity index is 391. The maximum Gasteiger partial charge on any atom is 0.408 e. The second kappa shape index (κ2) is 4.65. The highest BCUT2D eigenvalue weighted by Gasteiger charge is 2.29. The van der Waals surface area contributed by atoms with E-state index in [2.05, 4.69) is 10.6 Å². The number of hydrogen-bond acceptors (Lipinski definition) is 3. The van der Waals surface area contributed by atoms with E-state index in [-0.39, 0.29) is 12.5 Å². The fourth-order valence-electron chi connectivity index (χ4n) is 1.31. The van der Waals surface area contributed by atoms with Crippen molar-refractivity contribution >= 4 is 12.0 Å². The van der Waals surface area contributed by atoms with Crippen LogP contribution >= 0.6 is 0 Å². The van der Waals surface area contributed by atoms with E-state index in [0.29, 0.717) is 6.54 Å². The van der Waals surface area contributed by atoms with Crippen LogP contribution in [0.5, 0.6) is 0 Å². The zero-order valence-corrected chi connectivity index (χ0v) is 8.60. The van der Waals surface area contributed by atoms with Crippen molar-refractivity contribution in [3.63, 3.8) is 0 Å². The molecule has 5 heteroatoms. The smallest absolute Gasteiger partial charge is 0.408 e. The van der Waals surface area contributed by atoms with Crippen LogP contribution in [0.1, 0.15) is 5.56 Å². The minimum Gasteiger partial charge on any atom is -0.445 e. The van der Waals surface area contributed by atoms with Crippen LogP contribution in [0.3, 0.4) is 0 Å². The molecule has 1 aliphatic heterocycles. The molecule has 1 unspecified atom stereocenters. The molecule has 1 saturated heterocycles. The van der Waals surface area contributed by atoms with E-state index in [1.165, 1.54) is 0 Å². The van der Waals surface area contributed by atoms with Crippen molar-refractivity contribution in [1.82, 2.24) is 10.6 Å². The quantitative estimate of drug-likeness (QED) is 0.725. The Morgan fingerprint density at radius 1 is 1.44 bits per heavy atom. The van der Waals surface area contributed by atoms with Crippen molar-refractivity contribution in [2.24, 2.45) is 0 Å². The van der Waals surface area contributed by atoms with Gasteiger partial charge < -0.3 is 15.4 Å². The lowest BCUT2D eigenvalue weighted by Gasteiger charge is -2.26. The van der Waals surface area contributed by atoms with E-state index >= 15 is 0 Å². The number of alkyl carbamates (subject to hydrolysis) is 1. The molecule has 0 spiro atoms. The fourth-order valence-corrected chi connectivity index (χ4v) is 1.31. The lowest BCUT2D eigenvalue weighted by Crippen LogP contribution is -2.61. The van der Waals surface area contributed by atoms with Crippen LogP contribution in [0.15, 0.2) is 30.3 Å². The Morgan fingerprint density at radius 2 is 2.19 bits per heavy atom. The number of carbonyl (C=O) groups is 2. The zero-order valence-electron chi connectivity index (χ0n) is 8.60. The van der Waals surface area contributed by atoms with Crippen LogP contribution in [0.4, 0.5) is 4.79 Å². The zero-order chi connectivity index (χ0) is 11.4. The topological polar surface area (TPSA) is 67.4 Å². The van der Waals surface area contributed by atoms with Gasteiger partial charge in [0.05, 0.1) is 0 Å². The molecule has 1 aromatic rings. The van der Waals surface area contributed by atoms with Gasteiger partial charge in [-0.1, -0.05) is 30.3 Å². The summed E-state index contributed by atoms with van der Waals surface area (Å²) in [6.07, 6.45) is -0.566. The third-order valence-corrected chi connectivity index (χ3v) is 2.30. The van der Waals surface area contributed by atoms with Crippen LogP contribution in [0.25, 0.3) is 0 Å². The van der Waals surface area contributed by atoms with Crippen molar-refractivity contribution in [3.8, 4) is 0 Å². The normalized spacial score (nSPS) is 18.2. The molecule has 5 nitrogen and oxygen atoms in total. The molecule has 0 bridgehead atoms.